The molecule has 1 unspecified atom stereocenters. The summed E-state index contributed by atoms with van der Waals surface area (Å²) in [6.07, 6.45) is -0.222. The summed E-state index contributed by atoms with van der Waals surface area (Å²) in [6, 6.07) is 0. The molecule has 2 N–H and O–H groups in total. The third-order valence-corrected chi connectivity index (χ3v) is 2.62. The molecule has 88 valence electrons. The maximum Gasteiger partial charge on any atom is 0.186 e. The number of nitrogen functional groups attached to an aromatic ring is 1. The zero-order valence-electron chi connectivity index (χ0n) is 9.40. The van der Waals surface area contributed by atoms with Crippen molar-refractivity contribution in [2.24, 2.45) is 0 Å². The van der Waals surface area contributed by atoms with Gasteiger partial charge in [0.05, 0.1) is 12.3 Å². The number of ether oxygens (including phenoxy) is 1. The number of halogens is 1. The first-order chi connectivity index (χ1) is 7.58. The van der Waals surface area contributed by atoms with Crippen molar-refractivity contribution in [2.45, 2.75) is 13.0 Å². The highest BCUT2D eigenvalue weighted by atomic mass is 19.1. The van der Waals surface area contributed by atoms with Crippen LogP contribution in [0.5, 0.6) is 0 Å². The van der Waals surface area contributed by atoms with Gasteiger partial charge in [-0.15, -0.1) is 0 Å². The molecule has 1 fully saturated rings. The van der Waals surface area contributed by atoms with Gasteiger partial charge in [0, 0.05) is 13.1 Å². The molecule has 0 aromatic carbocycles. The summed E-state index contributed by atoms with van der Waals surface area (Å²) in [6.45, 7) is 3.78. The molecule has 1 aliphatic heterocycles. The van der Waals surface area contributed by atoms with Crippen molar-refractivity contribution in [2.75, 3.05) is 32.5 Å². The molecule has 0 spiro atoms. The summed E-state index contributed by atoms with van der Waals surface area (Å²) in [5.74, 6) is -0.199. The van der Waals surface area contributed by atoms with E-state index in [0.29, 0.717) is 19.0 Å². The predicted octanol–water partition coefficient (Wildman–Crippen LogP) is 0.509. The van der Waals surface area contributed by atoms with Gasteiger partial charge in [-0.3, -0.25) is 0 Å². The number of hydrogen-bond acceptors (Lipinski definition) is 5. The maximum absolute atomic E-state index is 13.3. The molecule has 2 heterocycles. The standard InChI is InChI=1S/C10H15FN4O/c1-6-8(11)9(12)14-10(13-6)7-5-15(2)3-4-16-7/h7H,3-5H2,1-2H3,(H2,12,13,14). The smallest absolute Gasteiger partial charge is 0.186 e. The van der Waals surface area contributed by atoms with Gasteiger partial charge < -0.3 is 15.4 Å². The zero-order chi connectivity index (χ0) is 11.7. The Morgan fingerprint density at radius 2 is 2.25 bits per heavy atom. The van der Waals surface area contributed by atoms with Crippen LogP contribution in [0.1, 0.15) is 17.6 Å². The number of morpholine rings is 1. The molecule has 16 heavy (non-hydrogen) atoms. The molecule has 2 rings (SSSR count). The van der Waals surface area contributed by atoms with Gasteiger partial charge in [-0.25, -0.2) is 14.4 Å². The van der Waals surface area contributed by atoms with Crippen molar-refractivity contribution < 1.29 is 9.13 Å². The first kappa shape index (κ1) is 11.2. The molecule has 1 atom stereocenters. The van der Waals surface area contributed by atoms with Gasteiger partial charge >= 0.3 is 0 Å². The summed E-state index contributed by atoms with van der Waals surface area (Å²) in [5.41, 5.74) is 5.73. The molecule has 0 radical (unpaired) electrons. The van der Waals surface area contributed by atoms with E-state index in [0.717, 1.165) is 6.54 Å². The Bertz CT molecular complexity index is 375. The average Bonchev–Trinajstić information content (AvgIpc) is 2.25. The van der Waals surface area contributed by atoms with Gasteiger partial charge in [-0.2, -0.15) is 0 Å². The van der Waals surface area contributed by atoms with E-state index in [1.165, 1.54) is 0 Å². The van der Waals surface area contributed by atoms with Crippen molar-refractivity contribution in [3.63, 3.8) is 0 Å². The highest BCUT2D eigenvalue weighted by Crippen LogP contribution is 2.20. The Morgan fingerprint density at radius 3 is 2.88 bits per heavy atom. The van der Waals surface area contributed by atoms with Crippen LogP contribution in [0, 0.1) is 12.7 Å². The molecule has 1 aromatic heterocycles. The molecule has 0 saturated carbocycles. The minimum absolute atomic E-state index is 0.112. The second-order valence-electron chi connectivity index (χ2n) is 3.99. The fourth-order valence-electron chi connectivity index (χ4n) is 1.68. The van der Waals surface area contributed by atoms with Crippen LogP contribution in [-0.4, -0.2) is 41.6 Å². The van der Waals surface area contributed by atoms with E-state index in [2.05, 4.69) is 14.9 Å². The average molecular weight is 226 g/mol. The highest BCUT2D eigenvalue weighted by Gasteiger charge is 2.23. The van der Waals surface area contributed by atoms with E-state index in [9.17, 15) is 4.39 Å². The van der Waals surface area contributed by atoms with Crippen molar-refractivity contribution in [3.05, 3.63) is 17.3 Å². The number of aryl methyl sites for hydroxylation is 1. The lowest BCUT2D eigenvalue weighted by atomic mass is 10.2. The number of nitrogens with zero attached hydrogens (tertiary/aromatic N) is 3. The quantitative estimate of drug-likeness (QED) is 0.755. The van der Waals surface area contributed by atoms with Crippen LogP contribution in [0.3, 0.4) is 0 Å². The normalized spacial score (nSPS) is 22.3. The van der Waals surface area contributed by atoms with Crippen LogP contribution in [0.15, 0.2) is 0 Å². The van der Waals surface area contributed by atoms with Gasteiger partial charge in [-0.05, 0) is 14.0 Å². The van der Waals surface area contributed by atoms with Crippen LogP contribution >= 0.6 is 0 Å². The minimum Gasteiger partial charge on any atom is -0.381 e. The lowest BCUT2D eigenvalue weighted by molar-refractivity contribution is -0.0255. The summed E-state index contributed by atoms with van der Waals surface area (Å²) in [4.78, 5) is 10.1. The van der Waals surface area contributed by atoms with E-state index in [-0.39, 0.29) is 17.6 Å². The summed E-state index contributed by atoms with van der Waals surface area (Å²) in [7, 11) is 2.00. The fourth-order valence-corrected chi connectivity index (χ4v) is 1.68. The second kappa shape index (κ2) is 4.31. The molecule has 1 aliphatic rings. The summed E-state index contributed by atoms with van der Waals surface area (Å²) in [5, 5.41) is 0. The van der Waals surface area contributed by atoms with Crippen LogP contribution in [0.25, 0.3) is 0 Å². The van der Waals surface area contributed by atoms with Crippen LogP contribution in [-0.2, 0) is 4.74 Å². The fraction of sp³-hybridized carbons (Fsp3) is 0.600. The second-order valence-corrected chi connectivity index (χ2v) is 3.99. The third-order valence-electron chi connectivity index (χ3n) is 2.62. The topological polar surface area (TPSA) is 64.3 Å². The molecule has 5 nitrogen and oxygen atoms in total. The van der Waals surface area contributed by atoms with Crippen molar-refractivity contribution in [1.29, 1.82) is 0 Å². The van der Waals surface area contributed by atoms with Gasteiger partial charge in [0.25, 0.3) is 0 Å². The molecule has 1 aromatic rings. The molecular weight excluding hydrogens is 211 g/mol. The van der Waals surface area contributed by atoms with Crippen molar-refractivity contribution >= 4 is 5.82 Å². The molecule has 1 saturated heterocycles. The van der Waals surface area contributed by atoms with Gasteiger partial charge in [0.2, 0.25) is 0 Å². The third kappa shape index (κ3) is 2.12. The number of anilines is 1. The summed E-state index contributed by atoms with van der Waals surface area (Å²) >= 11 is 0. The van der Waals surface area contributed by atoms with Crippen molar-refractivity contribution in [1.82, 2.24) is 14.9 Å². The van der Waals surface area contributed by atoms with Gasteiger partial charge in [0.1, 0.15) is 6.10 Å². The lowest BCUT2D eigenvalue weighted by Gasteiger charge is -2.29. The molecule has 0 bridgehead atoms. The summed E-state index contributed by atoms with van der Waals surface area (Å²) < 4.78 is 18.8. The van der Waals surface area contributed by atoms with Crippen LogP contribution in [0.4, 0.5) is 10.2 Å². The Labute approximate surface area is 93.4 Å². The number of likely N-dealkylation sites (N-methyl/N-ethyl adjacent to an activating group) is 1. The Kier molecular flexibility index (Phi) is 3.02. The predicted molar refractivity (Wildman–Crippen MR) is 57.3 cm³/mol. The number of nitrogens with two attached hydrogens (primary N) is 1. The van der Waals surface area contributed by atoms with Gasteiger partial charge in [-0.1, -0.05) is 0 Å². The van der Waals surface area contributed by atoms with Crippen LogP contribution in [0.2, 0.25) is 0 Å². The molecular formula is C10H15FN4O. The Balaban J connectivity index is 2.26. The highest BCUT2D eigenvalue weighted by molar-refractivity contribution is 5.32. The van der Waals surface area contributed by atoms with Crippen molar-refractivity contribution in [3.8, 4) is 0 Å². The minimum atomic E-state index is -0.548. The number of rotatable bonds is 1. The molecule has 6 heteroatoms. The first-order valence-electron chi connectivity index (χ1n) is 5.17. The molecule has 0 amide bonds. The van der Waals surface area contributed by atoms with E-state index in [1.807, 2.05) is 7.05 Å². The lowest BCUT2D eigenvalue weighted by Crippen LogP contribution is -2.36. The first-order valence-corrected chi connectivity index (χ1v) is 5.17. The Morgan fingerprint density at radius 1 is 1.50 bits per heavy atom. The zero-order valence-corrected chi connectivity index (χ0v) is 9.40. The Hall–Kier alpha value is -1.27. The van der Waals surface area contributed by atoms with E-state index in [1.54, 1.807) is 6.92 Å². The number of hydrogen-bond donors (Lipinski definition) is 1. The maximum atomic E-state index is 13.3. The SMILES string of the molecule is Cc1nc(C2CN(C)CCO2)nc(N)c1F. The number of aromatic nitrogens is 2. The largest absolute Gasteiger partial charge is 0.381 e. The van der Waals surface area contributed by atoms with E-state index >= 15 is 0 Å². The van der Waals surface area contributed by atoms with E-state index in [4.69, 9.17) is 10.5 Å². The van der Waals surface area contributed by atoms with Crippen LogP contribution < -0.4 is 5.73 Å². The monoisotopic (exact) mass is 226 g/mol. The van der Waals surface area contributed by atoms with E-state index < -0.39 is 5.82 Å². The van der Waals surface area contributed by atoms with Gasteiger partial charge in [0.15, 0.2) is 17.5 Å². The molecule has 0 aliphatic carbocycles.